The number of hydrogen-bond acceptors (Lipinski definition) is 2. The number of hydrogen-bond donors (Lipinski definition) is 0. The summed E-state index contributed by atoms with van der Waals surface area (Å²) in [5, 5.41) is 0. The molecule has 0 radical (unpaired) electrons. The quantitative estimate of drug-likeness (QED) is 0.614. The molecule has 13 heavy (non-hydrogen) atoms. The fourth-order valence-electron chi connectivity index (χ4n) is 1.33. The third kappa shape index (κ3) is 2.87. The van der Waals surface area contributed by atoms with E-state index in [1.54, 1.807) is 6.33 Å². The van der Waals surface area contributed by atoms with Crippen molar-refractivity contribution in [1.29, 1.82) is 0 Å². The highest BCUT2D eigenvalue weighted by Gasteiger charge is 2.18. The Hall–Kier alpha value is 0.290. The van der Waals surface area contributed by atoms with Crippen LogP contribution in [0, 0.1) is 3.57 Å². The molecule has 2 atom stereocenters. The Labute approximate surface area is 101 Å². The van der Waals surface area contributed by atoms with E-state index in [-0.39, 0.29) is 0 Å². The van der Waals surface area contributed by atoms with Crippen LogP contribution in [0.2, 0.25) is 0 Å². The van der Waals surface area contributed by atoms with Crippen LogP contribution in [-0.2, 0) is 0 Å². The molecule has 2 nitrogen and oxygen atoms in total. The van der Waals surface area contributed by atoms with Gasteiger partial charge in [-0.15, -0.1) is 0 Å². The highest BCUT2D eigenvalue weighted by Crippen LogP contribution is 2.28. The van der Waals surface area contributed by atoms with E-state index in [1.165, 1.54) is 0 Å². The highest BCUT2D eigenvalue weighted by molar-refractivity contribution is 14.1. The predicted octanol–water partition coefficient (Wildman–Crippen LogP) is 3.36. The Morgan fingerprint density at radius 1 is 1.62 bits per heavy atom. The molecule has 0 aliphatic heterocycles. The van der Waals surface area contributed by atoms with Gasteiger partial charge >= 0.3 is 0 Å². The van der Waals surface area contributed by atoms with E-state index in [4.69, 9.17) is 0 Å². The Kier molecular flexibility index (Phi) is 4.58. The summed E-state index contributed by atoms with van der Waals surface area (Å²) in [7, 11) is 0. The van der Waals surface area contributed by atoms with Gasteiger partial charge in [-0.1, -0.05) is 29.8 Å². The smallest absolute Gasteiger partial charge is 0.115 e. The van der Waals surface area contributed by atoms with Gasteiger partial charge in [0.25, 0.3) is 0 Å². The lowest BCUT2D eigenvalue weighted by molar-refractivity contribution is 0.637. The molecule has 0 fully saturated rings. The number of nitrogens with zero attached hydrogens (tertiary/aromatic N) is 2. The Bertz CT molecular complexity index is 278. The van der Waals surface area contributed by atoms with Crippen molar-refractivity contribution in [3.05, 3.63) is 21.8 Å². The number of rotatable bonds is 3. The maximum Gasteiger partial charge on any atom is 0.115 e. The Morgan fingerprint density at radius 3 is 2.77 bits per heavy atom. The maximum atomic E-state index is 4.32. The van der Waals surface area contributed by atoms with Crippen LogP contribution < -0.4 is 0 Å². The van der Waals surface area contributed by atoms with Crippen molar-refractivity contribution in [3.63, 3.8) is 0 Å². The molecule has 1 heterocycles. The zero-order valence-electron chi connectivity index (χ0n) is 7.67. The van der Waals surface area contributed by atoms with Crippen LogP contribution in [0.4, 0.5) is 0 Å². The first-order valence-electron chi connectivity index (χ1n) is 4.26. The third-order valence-corrected chi connectivity index (χ3v) is 3.51. The summed E-state index contributed by atoms with van der Waals surface area (Å²) in [4.78, 5) is 8.77. The van der Waals surface area contributed by atoms with Gasteiger partial charge < -0.3 is 0 Å². The molecule has 72 valence electrons. The number of alkyl halides is 1. The standard InChI is InChI=1S/C9H12BrIN2/c1-3-7(6(2)10)9-8(11)4-12-5-13-9/h4-7H,3H2,1-2H3. The normalized spacial score (nSPS) is 15.4. The molecule has 0 N–H and O–H groups in total. The number of halogens is 2. The SMILES string of the molecule is CCC(c1ncncc1I)C(C)Br. The van der Waals surface area contributed by atoms with Crippen molar-refractivity contribution in [2.24, 2.45) is 0 Å². The van der Waals surface area contributed by atoms with Gasteiger partial charge in [-0.3, -0.25) is 0 Å². The molecule has 0 saturated heterocycles. The average Bonchev–Trinajstić information content (AvgIpc) is 2.09. The molecule has 0 spiro atoms. The lowest BCUT2D eigenvalue weighted by atomic mass is 9.99. The summed E-state index contributed by atoms with van der Waals surface area (Å²) in [5.41, 5.74) is 1.16. The summed E-state index contributed by atoms with van der Waals surface area (Å²) >= 11 is 5.89. The molecule has 1 aromatic rings. The Balaban J connectivity index is 2.97. The maximum absolute atomic E-state index is 4.32. The van der Waals surface area contributed by atoms with E-state index in [0.29, 0.717) is 10.7 Å². The molecule has 0 aromatic carbocycles. The summed E-state index contributed by atoms with van der Waals surface area (Å²) in [6.45, 7) is 4.34. The largest absolute Gasteiger partial charge is 0.244 e. The first-order chi connectivity index (χ1) is 6.16. The second-order valence-electron chi connectivity index (χ2n) is 2.95. The van der Waals surface area contributed by atoms with Crippen molar-refractivity contribution in [2.75, 3.05) is 0 Å². The van der Waals surface area contributed by atoms with E-state index >= 15 is 0 Å². The minimum atomic E-state index is 0.459. The molecule has 0 aliphatic carbocycles. The van der Waals surface area contributed by atoms with Crippen LogP contribution in [0.5, 0.6) is 0 Å². The monoisotopic (exact) mass is 354 g/mol. The lowest BCUT2D eigenvalue weighted by Crippen LogP contribution is -2.11. The summed E-state index contributed by atoms with van der Waals surface area (Å²) in [6, 6.07) is 0. The van der Waals surface area contributed by atoms with E-state index in [1.807, 2.05) is 6.20 Å². The number of aromatic nitrogens is 2. The lowest BCUT2D eigenvalue weighted by Gasteiger charge is -2.17. The summed E-state index contributed by atoms with van der Waals surface area (Å²) in [5.74, 6) is 0.481. The van der Waals surface area contributed by atoms with Crippen LogP contribution >= 0.6 is 38.5 Å². The second kappa shape index (κ2) is 5.24. The first kappa shape index (κ1) is 11.4. The molecule has 1 rings (SSSR count). The zero-order chi connectivity index (χ0) is 9.84. The zero-order valence-corrected chi connectivity index (χ0v) is 11.4. The third-order valence-electron chi connectivity index (χ3n) is 2.04. The topological polar surface area (TPSA) is 25.8 Å². The molecule has 2 unspecified atom stereocenters. The Morgan fingerprint density at radius 2 is 2.31 bits per heavy atom. The van der Waals surface area contributed by atoms with E-state index in [0.717, 1.165) is 15.7 Å². The van der Waals surface area contributed by atoms with Crippen molar-refractivity contribution in [3.8, 4) is 0 Å². The second-order valence-corrected chi connectivity index (χ2v) is 5.55. The van der Waals surface area contributed by atoms with Gasteiger partial charge in [0, 0.05) is 16.9 Å². The van der Waals surface area contributed by atoms with Crippen LogP contribution in [-0.4, -0.2) is 14.8 Å². The van der Waals surface area contributed by atoms with Crippen LogP contribution in [0.25, 0.3) is 0 Å². The summed E-state index contributed by atoms with van der Waals surface area (Å²) < 4.78 is 1.15. The fourth-order valence-corrected chi connectivity index (χ4v) is 2.65. The first-order valence-corrected chi connectivity index (χ1v) is 6.25. The highest BCUT2D eigenvalue weighted by atomic mass is 127. The summed E-state index contributed by atoms with van der Waals surface area (Å²) in [6.07, 6.45) is 4.58. The van der Waals surface area contributed by atoms with Crippen LogP contribution in [0.15, 0.2) is 12.5 Å². The van der Waals surface area contributed by atoms with Gasteiger partial charge in [0.1, 0.15) is 6.33 Å². The fraction of sp³-hybridized carbons (Fsp3) is 0.556. The molecule has 0 amide bonds. The minimum Gasteiger partial charge on any atom is -0.244 e. The van der Waals surface area contributed by atoms with E-state index < -0.39 is 0 Å². The molecule has 4 heteroatoms. The predicted molar refractivity (Wildman–Crippen MR) is 66.2 cm³/mol. The van der Waals surface area contributed by atoms with Gasteiger partial charge in [0.2, 0.25) is 0 Å². The molecular weight excluding hydrogens is 343 g/mol. The van der Waals surface area contributed by atoms with Crippen molar-refractivity contribution in [2.45, 2.75) is 31.0 Å². The van der Waals surface area contributed by atoms with Gasteiger partial charge in [-0.2, -0.15) is 0 Å². The van der Waals surface area contributed by atoms with Gasteiger partial charge in [0.05, 0.1) is 9.26 Å². The van der Waals surface area contributed by atoms with Gasteiger partial charge in [-0.25, -0.2) is 9.97 Å². The van der Waals surface area contributed by atoms with E-state index in [9.17, 15) is 0 Å². The minimum absolute atomic E-state index is 0.459. The van der Waals surface area contributed by atoms with Crippen molar-refractivity contribution < 1.29 is 0 Å². The molecule has 0 aliphatic rings. The van der Waals surface area contributed by atoms with Crippen molar-refractivity contribution in [1.82, 2.24) is 9.97 Å². The van der Waals surface area contributed by atoms with Crippen LogP contribution in [0.1, 0.15) is 31.9 Å². The van der Waals surface area contributed by atoms with Gasteiger partial charge in [0.15, 0.2) is 0 Å². The van der Waals surface area contributed by atoms with Crippen molar-refractivity contribution >= 4 is 38.5 Å². The molecule has 0 bridgehead atoms. The van der Waals surface area contributed by atoms with E-state index in [2.05, 4.69) is 62.3 Å². The molecule has 1 aromatic heterocycles. The average molecular weight is 355 g/mol. The van der Waals surface area contributed by atoms with Crippen LogP contribution in [0.3, 0.4) is 0 Å². The molecule has 0 saturated carbocycles. The van der Waals surface area contributed by atoms with Gasteiger partial charge in [-0.05, 0) is 29.0 Å². The molecular formula is C9H12BrIN2.